The van der Waals surface area contributed by atoms with Crippen LogP contribution in [-0.2, 0) is 27.3 Å². The standard InChI is InChI=1S/C22H25NO6/c1-15(24)29-21-19(12-16-8-10-18(27-2)11-9-16)23(13-20(21)25)22(26)28-14-17-6-4-3-5-7-17/h3-11,19-21,25H,12-14H2,1-2H3. The third-order valence-electron chi connectivity index (χ3n) is 4.89. The Labute approximate surface area is 169 Å². The van der Waals surface area contributed by atoms with Gasteiger partial charge in [-0.3, -0.25) is 9.69 Å². The zero-order valence-electron chi connectivity index (χ0n) is 16.5. The minimum atomic E-state index is -0.980. The molecule has 0 saturated carbocycles. The summed E-state index contributed by atoms with van der Waals surface area (Å²) < 4.78 is 15.9. The lowest BCUT2D eigenvalue weighted by molar-refractivity contribution is -0.151. The minimum Gasteiger partial charge on any atom is -0.497 e. The molecule has 0 bridgehead atoms. The Bertz CT molecular complexity index is 823. The number of hydrogen-bond donors (Lipinski definition) is 1. The van der Waals surface area contributed by atoms with Gasteiger partial charge < -0.3 is 19.3 Å². The molecule has 1 aliphatic rings. The van der Waals surface area contributed by atoms with E-state index in [2.05, 4.69) is 0 Å². The van der Waals surface area contributed by atoms with Crippen LogP contribution in [0.25, 0.3) is 0 Å². The lowest BCUT2D eigenvalue weighted by Crippen LogP contribution is -2.43. The topological polar surface area (TPSA) is 85.3 Å². The van der Waals surface area contributed by atoms with E-state index >= 15 is 0 Å². The van der Waals surface area contributed by atoms with Gasteiger partial charge in [0.25, 0.3) is 0 Å². The molecule has 3 rings (SSSR count). The number of rotatable bonds is 6. The molecule has 1 N–H and O–H groups in total. The monoisotopic (exact) mass is 399 g/mol. The molecule has 7 nitrogen and oxygen atoms in total. The van der Waals surface area contributed by atoms with E-state index in [1.165, 1.54) is 11.8 Å². The van der Waals surface area contributed by atoms with Gasteiger partial charge in [-0.05, 0) is 29.7 Å². The summed E-state index contributed by atoms with van der Waals surface area (Å²) in [6.07, 6.45) is -1.95. The Morgan fingerprint density at radius 3 is 2.38 bits per heavy atom. The van der Waals surface area contributed by atoms with Gasteiger partial charge in [0.15, 0.2) is 0 Å². The molecule has 0 spiro atoms. The summed E-state index contributed by atoms with van der Waals surface area (Å²) in [7, 11) is 1.59. The molecule has 1 amide bonds. The molecule has 7 heteroatoms. The Hall–Kier alpha value is -3.06. The first-order valence-electron chi connectivity index (χ1n) is 9.43. The summed E-state index contributed by atoms with van der Waals surface area (Å²) in [6, 6.07) is 16.2. The fraction of sp³-hybridized carbons (Fsp3) is 0.364. The lowest BCUT2D eigenvalue weighted by Gasteiger charge is -2.27. The fourth-order valence-electron chi connectivity index (χ4n) is 3.46. The van der Waals surface area contributed by atoms with E-state index in [1.54, 1.807) is 7.11 Å². The van der Waals surface area contributed by atoms with E-state index in [9.17, 15) is 14.7 Å². The summed E-state index contributed by atoms with van der Waals surface area (Å²) in [5, 5.41) is 10.4. The quantitative estimate of drug-likeness (QED) is 0.752. The van der Waals surface area contributed by atoms with Crippen molar-refractivity contribution in [2.24, 2.45) is 0 Å². The normalized spacial score (nSPS) is 20.9. The number of aliphatic hydroxyl groups is 1. The molecule has 3 unspecified atom stereocenters. The van der Waals surface area contributed by atoms with Crippen LogP contribution in [0.4, 0.5) is 4.79 Å². The number of hydrogen-bond acceptors (Lipinski definition) is 6. The molecule has 1 heterocycles. The van der Waals surface area contributed by atoms with Crippen LogP contribution in [0.2, 0.25) is 0 Å². The third kappa shape index (κ3) is 5.26. The summed E-state index contributed by atoms with van der Waals surface area (Å²) >= 11 is 0. The van der Waals surface area contributed by atoms with Crippen molar-refractivity contribution in [3.8, 4) is 5.75 Å². The van der Waals surface area contributed by atoms with Crippen LogP contribution in [0, 0.1) is 0 Å². The van der Waals surface area contributed by atoms with Gasteiger partial charge in [0.05, 0.1) is 19.7 Å². The number of nitrogens with zero attached hydrogens (tertiary/aromatic N) is 1. The van der Waals surface area contributed by atoms with Gasteiger partial charge in [-0.25, -0.2) is 4.79 Å². The van der Waals surface area contributed by atoms with E-state index in [1.807, 2.05) is 54.6 Å². The van der Waals surface area contributed by atoms with Crippen LogP contribution in [-0.4, -0.2) is 54.0 Å². The van der Waals surface area contributed by atoms with E-state index in [0.717, 1.165) is 16.9 Å². The fourth-order valence-corrected chi connectivity index (χ4v) is 3.46. The number of likely N-dealkylation sites (tertiary alicyclic amines) is 1. The summed E-state index contributed by atoms with van der Waals surface area (Å²) in [6.45, 7) is 1.44. The van der Waals surface area contributed by atoms with Crippen LogP contribution >= 0.6 is 0 Å². The summed E-state index contributed by atoms with van der Waals surface area (Å²) in [4.78, 5) is 25.7. The Morgan fingerprint density at radius 2 is 1.76 bits per heavy atom. The van der Waals surface area contributed by atoms with Crippen LogP contribution in [0.5, 0.6) is 5.75 Å². The van der Waals surface area contributed by atoms with Crippen molar-refractivity contribution < 1.29 is 28.9 Å². The van der Waals surface area contributed by atoms with E-state index < -0.39 is 30.3 Å². The highest BCUT2D eigenvalue weighted by molar-refractivity contribution is 5.70. The number of carbonyl (C=O) groups excluding carboxylic acids is 2. The van der Waals surface area contributed by atoms with Crippen LogP contribution in [0.3, 0.4) is 0 Å². The molecular weight excluding hydrogens is 374 g/mol. The number of methoxy groups -OCH3 is 1. The molecule has 1 aliphatic heterocycles. The Kier molecular flexibility index (Phi) is 6.72. The predicted molar refractivity (Wildman–Crippen MR) is 105 cm³/mol. The molecule has 1 fully saturated rings. The van der Waals surface area contributed by atoms with Gasteiger partial charge in [0.1, 0.15) is 24.6 Å². The van der Waals surface area contributed by atoms with Crippen LogP contribution < -0.4 is 4.74 Å². The Balaban J connectivity index is 1.75. The zero-order chi connectivity index (χ0) is 20.8. The largest absolute Gasteiger partial charge is 0.497 e. The summed E-state index contributed by atoms with van der Waals surface area (Å²) in [5.41, 5.74) is 1.78. The van der Waals surface area contributed by atoms with Gasteiger partial charge in [0.2, 0.25) is 0 Å². The van der Waals surface area contributed by atoms with Crippen molar-refractivity contribution in [2.45, 2.75) is 38.2 Å². The molecule has 0 radical (unpaired) electrons. The molecule has 3 atom stereocenters. The number of β-amino-alcohol motifs (C(OH)–C–C–N with tert-alkyl or cyclic N) is 1. The highest BCUT2D eigenvalue weighted by Gasteiger charge is 2.46. The van der Waals surface area contributed by atoms with Gasteiger partial charge in [-0.1, -0.05) is 42.5 Å². The first-order valence-corrected chi connectivity index (χ1v) is 9.43. The highest BCUT2D eigenvalue weighted by Crippen LogP contribution is 2.27. The number of aliphatic hydroxyl groups excluding tert-OH is 1. The smallest absolute Gasteiger partial charge is 0.410 e. The SMILES string of the molecule is COc1ccc(CC2C(OC(C)=O)C(O)CN2C(=O)OCc2ccccc2)cc1. The second-order valence-corrected chi connectivity index (χ2v) is 6.95. The van der Waals surface area contributed by atoms with Crippen molar-refractivity contribution in [3.05, 3.63) is 65.7 Å². The molecule has 29 heavy (non-hydrogen) atoms. The van der Waals surface area contributed by atoms with E-state index in [4.69, 9.17) is 14.2 Å². The van der Waals surface area contributed by atoms with Crippen molar-refractivity contribution in [1.29, 1.82) is 0 Å². The number of esters is 1. The van der Waals surface area contributed by atoms with E-state index in [0.29, 0.717) is 6.42 Å². The maximum absolute atomic E-state index is 12.7. The minimum absolute atomic E-state index is 0.0341. The average molecular weight is 399 g/mol. The zero-order valence-corrected chi connectivity index (χ0v) is 16.5. The van der Waals surface area contributed by atoms with Gasteiger partial charge >= 0.3 is 12.1 Å². The van der Waals surface area contributed by atoms with E-state index in [-0.39, 0.29) is 13.2 Å². The molecule has 0 aromatic heterocycles. The van der Waals surface area contributed by atoms with Gasteiger partial charge in [0, 0.05) is 6.92 Å². The van der Waals surface area contributed by atoms with Gasteiger partial charge in [-0.15, -0.1) is 0 Å². The maximum atomic E-state index is 12.7. The van der Waals surface area contributed by atoms with Crippen molar-refractivity contribution in [3.63, 3.8) is 0 Å². The molecule has 0 aliphatic carbocycles. The predicted octanol–water partition coefficient (Wildman–Crippen LogP) is 2.55. The summed E-state index contributed by atoms with van der Waals surface area (Å²) in [5.74, 6) is 0.212. The third-order valence-corrected chi connectivity index (χ3v) is 4.89. The number of ether oxygens (including phenoxy) is 3. The second kappa shape index (κ2) is 9.43. The second-order valence-electron chi connectivity index (χ2n) is 6.95. The molecule has 2 aromatic carbocycles. The molecular formula is C22H25NO6. The highest BCUT2D eigenvalue weighted by atomic mass is 16.6. The van der Waals surface area contributed by atoms with Gasteiger partial charge in [-0.2, -0.15) is 0 Å². The first kappa shape index (κ1) is 20.7. The van der Waals surface area contributed by atoms with Crippen LogP contribution in [0.1, 0.15) is 18.1 Å². The van der Waals surface area contributed by atoms with Crippen LogP contribution in [0.15, 0.2) is 54.6 Å². The average Bonchev–Trinajstić information content (AvgIpc) is 3.02. The van der Waals surface area contributed by atoms with Crippen molar-refractivity contribution >= 4 is 12.1 Å². The van der Waals surface area contributed by atoms with Crippen molar-refractivity contribution in [2.75, 3.05) is 13.7 Å². The lowest BCUT2D eigenvalue weighted by atomic mass is 10.0. The Morgan fingerprint density at radius 1 is 1.07 bits per heavy atom. The molecule has 2 aromatic rings. The number of amides is 1. The number of carbonyl (C=O) groups is 2. The first-order chi connectivity index (χ1) is 14.0. The number of benzene rings is 2. The van der Waals surface area contributed by atoms with Crippen molar-refractivity contribution in [1.82, 2.24) is 4.90 Å². The molecule has 1 saturated heterocycles. The maximum Gasteiger partial charge on any atom is 0.410 e. The molecule has 154 valence electrons.